The van der Waals surface area contributed by atoms with Crippen molar-refractivity contribution in [2.45, 2.75) is 12.8 Å². The number of hydrogen-bond acceptors (Lipinski definition) is 3. The van der Waals surface area contributed by atoms with Crippen LogP contribution in [0.4, 0.5) is 0 Å². The third kappa shape index (κ3) is 7.63. The van der Waals surface area contributed by atoms with Gasteiger partial charge in [0, 0.05) is 19.5 Å². The van der Waals surface area contributed by atoms with Crippen LogP contribution in [0.15, 0.2) is 30.3 Å². The summed E-state index contributed by atoms with van der Waals surface area (Å²) >= 11 is 5.32. The van der Waals surface area contributed by atoms with Crippen LogP contribution < -0.4 is 15.4 Å². The van der Waals surface area contributed by atoms with E-state index in [1.807, 2.05) is 30.3 Å². The lowest BCUT2D eigenvalue weighted by Crippen LogP contribution is -2.35. The Kier molecular flexibility index (Phi) is 8.22. The first-order valence-corrected chi connectivity index (χ1v) is 7.03. The lowest BCUT2D eigenvalue weighted by molar-refractivity contribution is -0.122. The van der Waals surface area contributed by atoms with E-state index in [2.05, 4.69) is 10.6 Å². The van der Waals surface area contributed by atoms with Gasteiger partial charge in [0.05, 0.1) is 6.61 Å². The molecule has 0 aliphatic carbocycles. The molecule has 0 aliphatic heterocycles. The third-order valence-corrected chi connectivity index (χ3v) is 2.69. The van der Waals surface area contributed by atoms with Crippen LogP contribution in [0, 0.1) is 0 Å². The van der Waals surface area contributed by atoms with Crippen molar-refractivity contribution >= 4 is 23.4 Å². The minimum atomic E-state index is -0.239. The van der Waals surface area contributed by atoms with Crippen LogP contribution in [0.3, 0.4) is 0 Å². The molecule has 0 fully saturated rings. The summed E-state index contributed by atoms with van der Waals surface area (Å²) < 4.78 is 5.48. The van der Waals surface area contributed by atoms with E-state index >= 15 is 0 Å². The Labute approximate surface area is 123 Å². The second kappa shape index (κ2) is 10.1. The van der Waals surface area contributed by atoms with Crippen molar-refractivity contribution in [1.82, 2.24) is 10.6 Å². The minimum absolute atomic E-state index is 0.0539. The van der Waals surface area contributed by atoms with E-state index in [-0.39, 0.29) is 17.7 Å². The van der Waals surface area contributed by atoms with Crippen LogP contribution in [0.25, 0.3) is 0 Å². The van der Waals surface area contributed by atoms with E-state index in [1.54, 1.807) is 0 Å². The number of rotatable bonds is 9. The molecule has 1 rings (SSSR count). The van der Waals surface area contributed by atoms with Gasteiger partial charge in [-0.15, -0.1) is 11.6 Å². The molecule has 0 aliphatic rings. The highest BCUT2D eigenvalue weighted by Crippen LogP contribution is 2.08. The van der Waals surface area contributed by atoms with Crippen LogP contribution >= 0.6 is 11.6 Å². The topological polar surface area (TPSA) is 67.4 Å². The molecule has 2 amide bonds. The second-order valence-corrected chi connectivity index (χ2v) is 4.37. The molecule has 1 aromatic carbocycles. The van der Waals surface area contributed by atoms with Gasteiger partial charge in [0.25, 0.3) is 0 Å². The predicted octanol–water partition coefficient (Wildman–Crippen LogP) is 1.32. The molecule has 0 aromatic heterocycles. The van der Waals surface area contributed by atoms with Gasteiger partial charge in [0.2, 0.25) is 11.8 Å². The lowest BCUT2D eigenvalue weighted by Gasteiger charge is -2.07. The summed E-state index contributed by atoms with van der Waals surface area (Å²) in [6.07, 6.45) is 1.05. The molecule has 5 nitrogen and oxygen atoms in total. The number of carbonyl (C=O) groups excluding carboxylic acids is 2. The summed E-state index contributed by atoms with van der Waals surface area (Å²) in [5.41, 5.74) is 0. The Morgan fingerprint density at radius 2 is 1.70 bits per heavy atom. The van der Waals surface area contributed by atoms with E-state index in [0.717, 1.165) is 5.75 Å². The number of amides is 2. The molecule has 0 saturated carbocycles. The maximum atomic E-state index is 11.5. The first kappa shape index (κ1) is 16.3. The standard InChI is InChI=1S/C14H19ClN2O3/c15-11-14(19)17-9-8-16-13(18)7-4-10-20-12-5-2-1-3-6-12/h1-3,5-6H,4,7-11H2,(H,16,18)(H,17,19). The number of para-hydroxylation sites is 1. The normalized spacial score (nSPS) is 9.85. The summed E-state index contributed by atoms with van der Waals surface area (Å²) in [4.78, 5) is 22.3. The highest BCUT2D eigenvalue weighted by atomic mass is 35.5. The number of halogens is 1. The molecule has 0 unspecified atom stereocenters. The highest BCUT2D eigenvalue weighted by molar-refractivity contribution is 6.27. The fourth-order valence-corrected chi connectivity index (χ4v) is 1.57. The second-order valence-electron chi connectivity index (χ2n) is 4.10. The van der Waals surface area contributed by atoms with Crippen molar-refractivity contribution in [3.8, 4) is 5.75 Å². The molecule has 0 radical (unpaired) electrons. The van der Waals surface area contributed by atoms with Crippen molar-refractivity contribution < 1.29 is 14.3 Å². The van der Waals surface area contributed by atoms with Crippen LogP contribution in [0.1, 0.15) is 12.8 Å². The van der Waals surface area contributed by atoms with Gasteiger partial charge in [-0.2, -0.15) is 0 Å². The highest BCUT2D eigenvalue weighted by Gasteiger charge is 2.02. The SMILES string of the molecule is O=C(CCl)NCCNC(=O)CCCOc1ccccc1. The van der Waals surface area contributed by atoms with Crippen LogP contribution in [-0.2, 0) is 9.59 Å². The molecular weight excluding hydrogens is 280 g/mol. The zero-order valence-corrected chi connectivity index (χ0v) is 12.0. The van der Waals surface area contributed by atoms with Gasteiger partial charge in [-0.25, -0.2) is 0 Å². The molecule has 0 atom stereocenters. The maximum Gasteiger partial charge on any atom is 0.234 e. The Hall–Kier alpha value is -1.75. The number of alkyl halides is 1. The Morgan fingerprint density at radius 1 is 1.05 bits per heavy atom. The molecule has 0 spiro atoms. The number of nitrogens with one attached hydrogen (secondary N) is 2. The van der Waals surface area contributed by atoms with Crippen LogP contribution in [-0.4, -0.2) is 37.4 Å². The zero-order valence-electron chi connectivity index (χ0n) is 11.2. The van der Waals surface area contributed by atoms with E-state index < -0.39 is 0 Å². The molecule has 6 heteroatoms. The maximum absolute atomic E-state index is 11.5. The van der Waals surface area contributed by atoms with E-state index in [9.17, 15) is 9.59 Å². The van der Waals surface area contributed by atoms with Crippen LogP contribution in [0.5, 0.6) is 5.75 Å². The number of ether oxygens (including phenoxy) is 1. The quantitative estimate of drug-likeness (QED) is 0.534. The largest absolute Gasteiger partial charge is 0.494 e. The molecule has 110 valence electrons. The van der Waals surface area contributed by atoms with Crippen molar-refractivity contribution in [2.75, 3.05) is 25.6 Å². The van der Waals surface area contributed by atoms with Crippen LogP contribution in [0.2, 0.25) is 0 Å². The fraction of sp³-hybridized carbons (Fsp3) is 0.429. The van der Waals surface area contributed by atoms with Gasteiger partial charge in [0.15, 0.2) is 0 Å². The van der Waals surface area contributed by atoms with E-state index in [4.69, 9.17) is 16.3 Å². The van der Waals surface area contributed by atoms with E-state index in [0.29, 0.717) is 32.5 Å². The van der Waals surface area contributed by atoms with Gasteiger partial charge in [-0.1, -0.05) is 18.2 Å². The Morgan fingerprint density at radius 3 is 2.35 bits per heavy atom. The van der Waals surface area contributed by atoms with Crippen molar-refractivity contribution in [3.05, 3.63) is 30.3 Å². The first-order chi connectivity index (χ1) is 9.72. The molecule has 0 saturated heterocycles. The van der Waals surface area contributed by atoms with Gasteiger partial charge in [-0.05, 0) is 18.6 Å². The Bertz CT molecular complexity index is 412. The first-order valence-electron chi connectivity index (χ1n) is 6.49. The predicted molar refractivity (Wildman–Crippen MR) is 77.9 cm³/mol. The summed E-state index contributed by atoms with van der Waals surface area (Å²) in [5.74, 6) is 0.445. The molecule has 0 heterocycles. The van der Waals surface area contributed by atoms with Gasteiger partial charge in [0.1, 0.15) is 11.6 Å². The summed E-state index contributed by atoms with van der Waals surface area (Å²) in [5, 5.41) is 5.27. The molecule has 0 bridgehead atoms. The lowest BCUT2D eigenvalue weighted by atomic mass is 10.3. The fourth-order valence-electron chi connectivity index (χ4n) is 1.48. The van der Waals surface area contributed by atoms with Crippen molar-refractivity contribution in [3.63, 3.8) is 0 Å². The Balaban J connectivity index is 1.99. The number of hydrogen-bond donors (Lipinski definition) is 2. The minimum Gasteiger partial charge on any atom is -0.494 e. The summed E-state index contributed by atoms with van der Waals surface area (Å²) in [7, 11) is 0. The molecular formula is C14H19ClN2O3. The summed E-state index contributed by atoms with van der Waals surface area (Å²) in [6, 6.07) is 9.47. The zero-order chi connectivity index (χ0) is 14.6. The van der Waals surface area contributed by atoms with Gasteiger partial charge in [-0.3, -0.25) is 9.59 Å². The average Bonchev–Trinajstić information content (AvgIpc) is 2.49. The molecule has 20 heavy (non-hydrogen) atoms. The number of benzene rings is 1. The van der Waals surface area contributed by atoms with Crippen molar-refractivity contribution in [2.24, 2.45) is 0 Å². The van der Waals surface area contributed by atoms with E-state index in [1.165, 1.54) is 0 Å². The monoisotopic (exact) mass is 298 g/mol. The van der Waals surface area contributed by atoms with Crippen molar-refractivity contribution in [1.29, 1.82) is 0 Å². The average molecular weight is 299 g/mol. The molecule has 1 aromatic rings. The number of carbonyl (C=O) groups is 2. The molecule has 2 N–H and O–H groups in total. The third-order valence-electron chi connectivity index (χ3n) is 2.45. The smallest absolute Gasteiger partial charge is 0.234 e. The summed E-state index contributed by atoms with van der Waals surface area (Å²) in [6.45, 7) is 1.29. The van der Waals surface area contributed by atoms with Gasteiger partial charge < -0.3 is 15.4 Å². The van der Waals surface area contributed by atoms with Gasteiger partial charge >= 0.3 is 0 Å².